The van der Waals surface area contributed by atoms with Gasteiger partial charge in [-0.15, -0.1) is 13.2 Å². The van der Waals surface area contributed by atoms with Crippen molar-refractivity contribution in [2.75, 3.05) is 0 Å². The molecular weight excluding hydrogens is 158 g/mol. The Kier molecular flexibility index (Phi) is 98.1. The van der Waals surface area contributed by atoms with E-state index in [4.69, 9.17) is 0 Å². The van der Waals surface area contributed by atoms with Gasteiger partial charge in [-0.3, -0.25) is 0 Å². The van der Waals surface area contributed by atoms with E-state index in [9.17, 15) is 0 Å². The summed E-state index contributed by atoms with van der Waals surface area (Å²) in [4.78, 5) is 0. The Balaban J connectivity index is -0.0000000205. The molecule has 0 aliphatic heterocycles. The summed E-state index contributed by atoms with van der Waals surface area (Å²) in [6.45, 7) is 17.8. The van der Waals surface area contributed by atoms with E-state index in [0.717, 1.165) is 0 Å². The van der Waals surface area contributed by atoms with Gasteiger partial charge in [0.25, 0.3) is 0 Å². The first-order chi connectivity index (χ1) is 5.27. The van der Waals surface area contributed by atoms with Crippen molar-refractivity contribution in [3.05, 3.63) is 38.0 Å². The average molecular weight is 189 g/mol. The predicted octanol–water partition coefficient (Wildman–Crippen LogP) is 5.26. The molecule has 0 rings (SSSR count). The first-order valence-electron chi connectivity index (χ1n) is 4.06. The van der Waals surface area contributed by atoms with Crippen LogP contribution in [-0.2, 0) is 0 Å². The van der Waals surface area contributed by atoms with Crippen LogP contribution < -0.4 is 6.15 Å². The quantitative estimate of drug-likeness (QED) is 0.467. The lowest BCUT2D eigenvalue weighted by Crippen LogP contribution is -1.73. The van der Waals surface area contributed by atoms with E-state index in [-0.39, 0.29) is 15.0 Å². The highest BCUT2D eigenvalue weighted by Gasteiger charge is 1.77. The maximum Gasteiger partial charge on any atom is 0 e. The average Bonchev–Trinajstić information content (AvgIpc) is 2.08. The van der Waals surface area contributed by atoms with Gasteiger partial charge in [-0.05, 0) is 5.92 Å². The zero-order valence-corrected chi connectivity index (χ0v) is 9.14. The van der Waals surface area contributed by atoms with Crippen LogP contribution >= 0.6 is 0 Å². The van der Waals surface area contributed by atoms with Crippen molar-refractivity contribution in [2.24, 2.45) is 5.92 Å². The third-order valence-electron chi connectivity index (χ3n) is 0.632. The van der Waals surface area contributed by atoms with Gasteiger partial charge < -0.3 is 6.15 Å². The minimum atomic E-state index is 0. The molecule has 13 heavy (non-hydrogen) atoms. The van der Waals surface area contributed by atoms with Crippen LogP contribution in [-0.4, -0.2) is 0 Å². The summed E-state index contributed by atoms with van der Waals surface area (Å²) in [5.41, 5.74) is 0. The van der Waals surface area contributed by atoms with Gasteiger partial charge in [-0.1, -0.05) is 59.9 Å². The van der Waals surface area contributed by atoms with Gasteiger partial charge in [-0.25, -0.2) is 0 Å². The minimum absolute atomic E-state index is 0. The fourth-order valence-electron chi connectivity index (χ4n) is 0.301. The van der Waals surface area contributed by atoms with E-state index in [1.807, 2.05) is 19.9 Å². The molecule has 0 radical (unpaired) electrons. The molecule has 0 amide bonds. The van der Waals surface area contributed by atoms with Crippen LogP contribution in [0.4, 0.5) is 0 Å². The lowest BCUT2D eigenvalue weighted by Gasteiger charge is -1.87. The van der Waals surface area contributed by atoms with Crippen molar-refractivity contribution >= 4 is 0 Å². The van der Waals surface area contributed by atoms with Gasteiger partial charge in [0.05, 0.1) is 0 Å². The summed E-state index contributed by atoms with van der Waals surface area (Å²) in [5, 5.41) is 0. The molecule has 0 aliphatic carbocycles. The second-order valence-corrected chi connectivity index (χ2v) is 1.86. The molecule has 1 heteroatoms. The highest BCUT2D eigenvalue weighted by Crippen LogP contribution is 1.91. The normalized spacial score (nSPS) is 6.54. The van der Waals surface area contributed by atoms with E-state index in [1.54, 1.807) is 6.08 Å². The molecule has 0 aromatic heterocycles. The van der Waals surface area contributed by atoms with Crippen LogP contribution in [0.5, 0.6) is 0 Å². The lowest BCUT2D eigenvalue weighted by atomic mass is 10.2. The number of allylic oxidation sites excluding steroid dienone is 3. The summed E-state index contributed by atoms with van der Waals surface area (Å²) in [7, 11) is 0. The third-order valence-corrected chi connectivity index (χ3v) is 0.632. The van der Waals surface area contributed by atoms with E-state index in [1.165, 1.54) is 0 Å². The first kappa shape index (κ1) is 29.5. The molecule has 0 saturated heterocycles. The molecule has 0 saturated carbocycles. The Labute approximate surface area is 87.3 Å². The maximum absolute atomic E-state index is 3.55. The molecule has 0 bridgehead atoms. The van der Waals surface area contributed by atoms with E-state index in [0.29, 0.717) is 5.92 Å². The van der Waals surface area contributed by atoms with Crippen LogP contribution in [0, 0.1) is 5.92 Å². The molecule has 1 nitrogen and oxygen atoms in total. The van der Waals surface area contributed by atoms with Gasteiger partial charge in [0.15, 0.2) is 0 Å². The van der Waals surface area contributed by atoms with Crippen LogP contribution in [0.2, 0.25) is 0 Å². The summed E-state index contributed by atoms with van der Waals surface area (Å²) in [5.74, 6) is 0.651. The smallest absolute Gasteiger partial charge is 0 e. The number of rotatable bonds is 2. The van der Waals surface area contributed by atoms with Crippen molar-refractivity contribution in [3.8, 4) is 0 Å². The topological polar surface area (TPSA) is 35.0 Å². The van der Waals surface area contributed by atoms with Gasteiger partial charge in [0.1, 0.15) is 0 Å². The Bertz CT molecular complexity index is 88.3. The molecule has 0 aliphatic rings. The monoisotopic (exact) mass is 189 g/mol. The second kappa shape index (κ2) is 43.2. The highest BCUT2D eigenvalue weighted by atomic mass is 14.0. The molecule has 0 atom stereocenters. The molecule has 0 aromatic rings. The largest absolute Gasteiger partial charge is 0.344 e. The lowest BCUT2D eigenvalue weighted by molar-refractivity contribution is 0.832. The molecule has 0 unspecified atom stereocenters. The molecule has 3 N–H and O–H groups in total. The first-order valence-corrected chi connectivity index (χ1v) is 4.06. The number of hydrogen-bond donors (Lipinski definition) is 1. The van der Waals surface area contributed by atoms with Crippen LogP contribution in [0.3, 0.4) is 0 Å². The van der Waals surface area contributed by atoms with E-state index < -0.39 is 0 Å². The minimum Gasteiger partial charge on any atom is -0.344 e. The zero-order chi connectivity index (χ0) is 9.70. The van der Waals surface area contributed by atoms with Gasteiger partial charge in [-0.2, -0.15) is 0 Å². The van der Waals surface area contributed by atoms with Crippen molar-refractivity contribution in [1.82, 2.24) is 6.15 Å². The van der Waals surface area contributed by atoms with E-state index in [2.05, 4.69) is 39.7 Å². The molecule has 0 fully saturated rings. The summed E-state index contributed by atoms with van der Waals surface area (Å²) >= 11 is 0. The van der Waals surface area contributed by atoms with Gasteiger partial charge in [0.2, 0.25) is 0 Å². The van der Waals surface area contributed by atoms with Crippen molar-refractivity contribution in [1.29, 1.82) is 0 Å². The van der Waals surface area contributed by atoms with Crippen molar-refractivity contribution in [2.45, 2.75) is 35.1 Å². The fourth-order valence-corrected chi connectivity index (χ4v) is 0.301. The van der Waals surface area contributed by atoms with E-state index >= 15 is 0 Å². The zero-order valence-electron chi connectivity index (χ0n) is 9.14. The maximum atomic E-state index is 3.55. The Hall–Kier alpha value is -0.820. The summed E-state index contributed by atoms with van der Waals surface area (Å²) in [6.07, 6.45) is 5.86. The standard InChI is InChI=1S/C7H12.C2H6.C2H4.CH4.H3N.H2/c1-4-5-6-7(2)3;2*1-2;;;/h4-7H,1H2,2-3H3;1-2H3;1-2H2;1H4;1H3;1H/b6-5-;;;;;. The van der Waals surface area contributed by atoms with Gasteiger partial charge >= 0.3 is 0 Å². The Morgan fingerprint density at radius 1 is 1.15 bits per heavy atom. The SMILES string of the molecule is C.C=C.C=C/C=C\C(C)C.CC.N.[HH]. The molecule has 0 heterocycles. The predicted molar refractivity (Wildman–Crippen MR) is 70.6 cm³/mol. The fraction of sp³-hybridized carbons (Fsp3) is 0.500. The molecule has 0 aromatic carbocycles. The van der Waals surface area contributed by atoms with Gasteiger partial charge in [0, 0.05) is 1.43 Å². The van der Waals surface area contributed by atoms with Crippen LogP contribution in [0.15, 0.2) is 38.0 Å². The second-order valence-electron chi connectivity index (χ2n) is 1.86. The molecule has 84 valence electrons. The summed E-state index contributed by atoms with van der Waals surface area (Å²) < 4.78 is 0. The van der Waals surface area contributed by atoms with Crippen LogP contribution in [0.25, 0.3) is 0 Å². The van der Waals surface area contributed by atoms with Crippen LogP contribution in [0.1, 0.15) is 36.5 Å². The highest BCUT2D eigenvalue weighted by molar-refractivity contribution is 4.98. The Morgan fingerprint density at radius 3 is 1.54 bits per heavy atom. The molecular formula is C12H31N. The van der Waals surface area contributed by atoms with Crippen molar-refractivity contribution in [3.63, 3.8) is 0 Å². The molecule has 0 spiro atoms. The third kappa shape index (κ3) is 93.2. The van der Waals surface area contributed by atoms with Crippen molar-refractivity contribution < 1.29 is 1.43 Å². The summed E-state index contributed by atoms with van der Waals surface area (Å²) in [6, 6.07) is 0. The number of hydrogen-bond acceptors (Lipinski definition) is 1. The Morgan fingerprint density at radius 2 is 1.46 bits per heavy atom.